The first-order valence-corrected chi connectivity index (χ1v) is 2.23. The van der Waals surface area contributed by atoms with E-state index in [0.717, 1.165) is 5.06 Å². The molecule has 0 aliphatic carbocycles. The van der Waals surface area contributed by atoms with Gasteiger partial charge in [-0.25, -0.2) is 5.06 Å². The molecule has 0 aliphatic heterocycles. The van der Waals surface area contributed by atoms with Crippen molar-refractivity contribution in [3.63, 3.8) is 0 Å². The highest BCUT2D eigenvalue weighted by Crippen LogP contribution is 1.71. The lowest BCUT2D eigenvalue weighted by Gasteiger charge is -2.08. The minimum absolute atomic E-state index is 0. The molecule has 0 aromatic carbocycles. The second kappa shape index (κ2) is 2.76. The average Bonchev–Trinajstić information content (AvgIpc) is 1.65. The maximum Gasteiger partial charge on any atom is 0.192 e. The summed E-state index contributed by atoms with van der Waals surface area (Å²) in [6.45, 7) is 0. The van der Waals surface area contributed by atoms with E-state index in [2.05, 4.69) is 17.5 Å². The topological polar surface area (TPSA) is 35.5 Å². The van der Waals surface area contributed by atoms with Crippen molar-refractivity contribution in [2.45, 2.75) is 0 Å². The molecule has 3 nitrogen and oxygen atoms in total. The fraction of sp³-hybridized carbons (Fsp3) is 0.667. The lowest BCUT2D eigenvalue weighted by atomic mass is 11.0. The standard InChI is InChI=1S/C3H8N2OS.2H2/c1-4-3(7)5(2)6;;/h6H,1-2H3,(H,4,7);2*1H. The number of hydroxylamine groups is 2. The quantitative estimate of drug-likeness (QED) is 0.360. The molecule has 0 fully saturated rings. The van der Waals surface area contributed by atoms with Crippen molar-refractivity contribution >= 4 is 17.3 Å². The molecule has 46 valence electrons. The molecule has 0 amide bonds. The number of nitrogens with zero attached hydrogens (tertiary/aromatic N) is 1. The zero-order valence-corrected chi connectivity index (χ0v) is 5.12. The van der Waals surface area contributed by atoms with Gasteiger partial charge in [0.1, 0.15) is 0 Å². The third kappa shape index (κ3) is 2.36. The van der Waals surface area contributed by atoms with Crippen molar-refractivity contribution in [3.8, 4) is 0 Å². The lowest BCUT2D eigenvalue weighted by Crippen LogP contribution is -2.31. The molecule has 0 bridgehead atoms. The minimum atomic E-state index is 0. The Bertz CT molecular complexity index is 80.2. The molecule has 0 saturated heterocycles. The van der Waals surface area contributed by atoms with Gasteiger partial charge in [-0.2, -0.15) is 0 Å². The average molecular weight is 124 g/mol. The van der Waals surface area contributed by atoms with E-state index in [1.54, 1.807) is 7.05 Å². The molecule has 0 spiro atoms. The smallest absolute Gasteiger partial charge is 0.192 e. The highest BCUT2D eigenvalue weighted by Gasteiger charge is 1.90. The summed E-state index contributed by atoms with van der Waals surface area (Å²) in [5.74, 6) is 0. The van der Waals surface area contributed by atoms with Crippen LogP contribution in [-0.4, -0.2) is 29.5 Å². The van der Waals surface area contributed by atoms with Crippen LogP contribution in [0.25, 0.3) is 0 Å². The monoisotopic (exact) mass is 124 g/mol. The lowest BCUT2D eigenvalue weighted by molar-refractivity contribution is 0.0132. The summed E-state index contributed by atoms with van der Waals surface area (Å²) in [5, 5.41) is 12.2. The van der Waals surface area contributed by atoms with Gasteiger partial charge in [-0.15, -0.1) is 0 Å². The van der Waals surface area contributed by atoms with Crippen molar-refractivity contribution < 1.29 is 8.06 Å². The first-order valence-electron chi connectivity index (χ1n) is 1.82. The van der Waals surface area contributed by atoms with Crippen LogP contribution in [0.3, 0.4) is 0 Å². The summed E-state index contributed by atoms with van der Waals surface area (Å²) in [7, 11) is 3.11. The summed E-state index contributed by atoms with van der Waals surface area (Å²) >= 11 is 4.54. The van der Waals surface area contributed by atoms with Gasteiger partial charge >= 0.3 is 0 Å². The van der Waals surface area contributed by atoms with Crippen LogP contribution in [0.4, 0.5) is 0 Å². The predicted molar refractivity (Wildman–Crippen MR) is 35.4 cm³/mol. The summed E-state index contributed by atoms with van der Waals surface area (Å²) in [4.78, 5) is 0. The third-order valence-electron chi connectivity index (χ3n) is 0.508. The van der Waals surface area contributed by atoms with Crippen molar-refractivity contribution in [2.24, 2.45) is 0 Å². The van der Waals surface area contributed by atoms with Crippen LogP contribution in [0.5, 0.6) is 0 Å². The molecule has 0 aromatic heterocycles. The van der Waals surface area contributed by atoms with Crippen LogP contribution < -0.4 is 5.32 Å². The molecule has 2 N–H and O–H groups in total. The molecule has 7 heavy (non-hydrogen) atoms. The van der Waals surface area contributed by atoms with Gasteiger partial charge in [-0.05, 0) is 12.2 Å². The van der Waals surface area contributed by atoms with Gasteiger partial charge < -0.3 is 5.32 Å². The minimum Gasteiger partial charge on any atom is -0.364 e. The van der Waals surface area contributed by atoms with Crippen LogP contribution >= 0.6 is 12.2 Å². The highest BCUT2D eigenvalue weighted by atomic mass is 32.1. The van der Waals surface area contributed by atoms with Crippen LogP contribution in [0.15, 0.2) is 0 Å². The van der Waals surface area contributed by atoms with Gasteiger partial charge in [0.2, 0.25) is 0 Å². The molecular formula is C3H12N2OS. The van der Waals surface area contributed by atoms with Gasteiger partial charge in [0.15, 0.2) is 5.11 Å². The van der Waals surface area contributed by atoms with E-state index in [1.807, 2.05) is 0 Å². The summed E-state index contributed by atoms with van der Waals surface area (Å²) in [6, 6.07) is 0. The second-order valence-electron chi connectivity index (χ2n) is 1.08. The zero-order valence-electron chi connectivity index (χ0n) is 4.30. The van der Waals surface area contributed by atoms with E-state index in [9.17, 15) is 0 Å². The molecular weight excluding hydrogens is 112 g/mol. The number of rotatable bonds is 0. The van der Waals surface area contributed by atoms with E-state index in [-0.39, 0.29) is 2.85 Å². The third-order valence-corrected chi connectivity index (χ3v) is 0.976. The largest absolute Gasteiger partial charge is 0.364 e. The number of hydrogen-bond donors (Lipinski definition) is 2. The number of hydrogen-bond acceptors (Lipinski definition) is 2. The van der Waals surface area contributed by atoms with Gasteiger partial charge in [0.25, 0.3) is 0 Å². The molecule has 4 heteroatoms. The molecule has 0 atom stereocenters. The Balaban J connectivity index is -0.000000180. The molecule has 0 aliphatic rings. The van der Waals surface area contributed by atoms with Crippen molar-refractivity contribution in [3.05, 3.63) is 0 Å². The Hall–Kier alpha value is -0.350. The normalized spacial score (nSPS) is 7.86. The molecule has 0 saturated carbocycles. The maximum absolute atomic E-state index is 8.45. The van der Waals surface area contributed by atoms with Gasteiger partial charge in [-0.1, -0.05) is 0 Å². The van der Waals surface area contributed by atoms with E-state index >= 15 is 0 Å². The van der Waals surface area contributed by atoms with Crippen molar-refractivity contribution in [2.75, 3.05) is 14.1 Å². The van der Waals surface area contributed by atoms with E-state index in [1.165, 1.54) is 7.05 Å². The Morgan fingerprint density at radius 2 is 2.43 bits per heavy atom. The highest BCUT2D eigenvalue weighted by molar-refractivity contribution is 7.80. The summed E-state index contributed by atoms with van der Waals surface area (Å²) < 4.78 is 0. The molecule has 0 heterocycles. The second-order valence-corrected chi connectivity index (χ2v) is 1.47. The van der Waals surface area contributed by atoms with Crippen LogP contribution in [0.2, 0.25) is 0 Å². The SMILES string of the molecule is CNC(=S)N(C)O.[HH].[HH]. The van der Waals surface area contributed by atoms with Gasteiger partial charge in [0.05, 0.1) is 0 Å². The van der Waals surface area contributed by atoms with Crippen LogP contribution in [-0.2, 0) is 0 Å². The summed E-state index contributed by atoms with van der Waals surface area (Å²) in [5.41, 5.74) is 0. The van der Waals surface area contributed by atoms with E-state index in [0.29, 0.717) is 5.11 Å². The Labute approximate surface area is 50.9 Å². The first-order chi connectivity index (χ1) is 3.18. The van der Waals surface area contributed by atoms with E-state index in [4.69, 9.17) is 5.21 Å². The summed E-state index contributed by atoms with van der Waals surface area (Å²) in [6.07, 6.45) is 0. The maximum atomic E-state index is 8.45. The van der Waals surface area contributed by atoms with Crippen LogP contribution in [0, 0.1) is 0 Å². The zero-order chi connectivity index (χ0) is 5.86. The van der Waals surface area contributed by atoms with Crippen molar-refractivity contribution in [1.29, 1.82) is 0 Å². The predicted octanol–water partition coefficient (Wildman–Crippen LogP) is 0.304. The fourth-order valence-electron chi connectivity index (χ4n) is 0.162. The molecule has 0 aromatic rings. The van der Waals surface area contributed by atoms with Gasteiger partial charge in [-0.3, -0.25) is 5.21 Å². The molecule has 0 rings (SSSR count). The first kappa shape index (κ1) is 6.65. The molecule has 0 unspecified atom stereocenters. The Kier molecular flexibility index (Phi) is 2.62. The number of nitrogens with one attached hydrogen (secondary N) is 1. The Morgan fingerprint density at radius 1 is 2.00 bits per heavy atom. The Morgan fingerprint density at radius 3 is 2.43 bits per heavy atom. The molecule has 0 radical (unpaired) electrons. The van der Waals surface area contributed by atoms with E-state index < -0.39 is 0 Å². The van der Waals surface area contributed by atoms with Crippen molar-refractivity contribution in [1.82, 2.24) is 10.4 Å². The van der Waals surface area contributed by atoms with Gasteiger partial charge in [0, 0.05) is 16.9 Å². The fourth-order valence-corrected chi connectivity index (χ4v) is 0.162. The van der Waals surface area contributed by atoms with Crippen LogP contribution in [0.1, 0.15) is 2.85 Å². The number of thiocarbonyl (C=S) groups is 1.